The maximum Gasteiger partial charge on any atom is 0.186 e. The SMILES string of the molecule is CC1CCCN1[C@H]1CCN(c2nc3ccc(-c4ccc(C#N)cc4)cc3s2)C1. The normalized spacial score (nSPS) is 22.8. The summed E-state index contributed by atoms with van der Waals surface area (Å²) in [7, 11) is 0. The van der Waals surface area contributed by atoms with Gasteiger partial charge in [-0.3, -0.25) is 4.90 Å². The molecule has 2 aromatic carbocycles. The Morgan fingerprint density at radius 1 is 1.07 bits per heavy atom. The number of likely N-dealkylation sites (tertiary alicyclic amines) is 1. The molecule has 4 nitrogen and oxygen atoms in total. The maximum absolute atomic E-state index is 8.99. The molecular weight excluding hydrogens is 364 g/mol. The van der Waals surface area contributed by atoms with E-state index in [1.807, 2.05) is 24.3 Å². The second kappa shape index (κ2) is 7.20. The number of benzene rings is 2. The van der Waals surface area contributed by atoms with Crippen molar-refractivity contribution in [3.63, 3.8) is 0 Å². The summed E-state index contributed by atoms with van der Waals surface area (Å²) >= 11 is 1.80. The fourth-order valence-corrected chi connectivity index (χ4v) is 5.69. The summed E-state index contributed by atoms with van der Waals surface area (Å²) in [5, 5.41) is 10.1. The lowest BCUT2D eigenvalue weighted by Crippen LogP contribution is -2.39. The molecule has 3 heterocycles. The van der Waals surface area contributed by atoms with Gasteiger partial charge in [0.05, 0.1) is 21.8 Å². The van der Waals surface area contributed by atoms with Crippen LogP contribution < -0.4 is 4.90 Å². The predicted octanol–water partition coefficient (Wildman–Crippen LogP) is 4.90. The van der Waals surface area contributed by atoms with Gasteiger partial charge >= 0.3 is 0 Å². The highest BCUT2D eigenvalue weighted by atomic mass is 32.1. The molecule has 2 fully saturated rings. The molecule has 1 unspecified atom stereocenters. The van der Waals surface area contributed by atoms with Crippen molar-refractivity contribution in [2.45, 2.75) is 38.3 Å². The van der Waals surface area contributed by atoms with Gasteiger partial charge in [-0.1, -0.05) is 29.5 Å². The van der Waals surface area contributed by atoms with Gasteiger partial charge in [-0.2, -0.15) is 5.26 Å². The van der Waals surface area contributed by atoms with E-state index in [9.17, 15) is 0 Å². The van der Waals surface area contributed by atoms with Crippen molar-refractivity contribution in [1.29, 1.82) is 5.26 Å². The van der Waals surface area contributed by atoms with Crippen molar-refractivity contribution >= 4 is 26.7 Å². The summed E-state index contributed by atoms with van der Waals surface area (Å²) in [6, 6.07) is 17.9. The number of hydrogen-bond donors (Lipinski definition) is 0. The third kappa shape index (κ3) is 3.17. The Morgan fingerprint density at radius 2 is 1.89 bits per heavy atom. The standard InChI is InChI=1S/C23H24N4S/c1-16-3-2-11-27(16)20-10-12-26(15-20)23-25-21-9-8-19(13-22(21)28-23)18-6-4-17(14-24)5-7-18/h4-9,13,16,20H,2-3,10-12,15H2,1H3/t16?,20-/m0/s1. The van der Waals surface area contributed by atoms with Gasteiger partial charge in [0.1, 0.15) is 0 Å². The number of aromatic nitrogens is 1. The number of anilines is 1. The van der Waals surface area contributed by atoms with E-state index >= 15 is 0 Å². The first kappa shape index (κ1) is 17.7. The van der Waals surface area contributed by atoms with Crippen LogP contribution in [0.2, 0.25) is 0 Å². The van der Waals surface area contributed by atoms with Gasteiger partial charge < -0.3 is 4.90 Å². The van der Waals surface area contributed by atoms with Crippen LogP contribution in [0.4, 0.5) is 5.13 Å². The molecule has 1 aromatic heterocycles. The van der Waals surface area contributed by atoms with Crippen LogP contribution in [0.1, 0.15) is 31.7 Å². The van der Waals surface area contributed by atoms with E-state index in [1.165, 1.54) is 36.1 Å². The lowest BCUT2D eigenvalue weighted by Gasteiger charge is -2.28. The molecule has 0 saturated carbocycles. The van der Waals surface area contributed by atoms with E-state index in [4.69, 9.17) is 10.2 Å². The molecule has 2 aliphatic rings. The molecule has 5 rings (SSSR count). The van der Waals surface area contributed by atoms with Gasteiger partial charge in [0.25, 0.3) is 0 Å². The zero-order chi connectivity index (χ0) is 19.1. The van der Waals surface area contributed by atoms with E-state index in [0.717, 1.165) is 35.3 Å². The number of thiazole rings is 1. The van der Waals surface area contributed by atoms with Gasteiger partial charge in [0, 0.05) is 25.2 Å². The van der Waals surface area contributed by atoms with Gasteiger partial charge in [0.2, 0.25) is 0 Å². The molecule has 0 amide bonds. The number of nitriles is 1. The molecule has 28 heavy (non-hydrogen) atoms. The Kier molecular flexibility index (Phi) is 4.54. The summed E-state index contributed by atoms with van der Waals surface area (Å²) in [5.74, 6) is 0. The van der Waals surface area contributed by atoms with E-state index in [0.29, 0.717) is 11.6 Å². The molecule has 0 N–H and O–H groups in total. The monoisotopic (exact) mass is 388 g/mol. The molecule has 2 atom stereocenters. The molecule has 3 aromatic rings. The largest absolute Gasteiger partial charge is 0.346 e. The predicted molar refractivity (Wildman–Crippen MR) is 116 cm³/mol. The Labute approximate surface area is 170 Å². The van der Waals surface area contributed by atoms with E-state index in [2.05, 4.69) is 41.0 Å². The van der Waals surface area contributed by atoms with Crippen LogP contribution >= 0.6 is 11.3 Å². The van der Waals surface area contributed by atoms with Crippen LogP contribution in [-0.4, -0.2) is 41.6 Å². The van der Waals surface area contributed by atoms with Crippen LogP contribution in [0, 0.1) is 11.3 Å². The Bertz CT molecular complexity index is 1030. The number of hydrogen-bond acceptors (Lipinski definition) is 5. The summed E-state index contributed by atoms with van der Waals surface area (Å²) in [6.07, 6.45) is 3.93. The molecule has 2 saturated heterocycles. The summed E-state index contributed by atoms with van der Waals surface area (Å²) in [4.78, 5) is 10.1. The summed E-state index contributed by atoms with van der Waals surface area (Å²) in [6.45, 7) is 5.84. The van der Waals surface area contributed by atoms with Gasteiger partial charge in [-0.15, -0.1) is 0 Å². The minimum absolute atomic E-state index is 0.679. The lowest BCUT2D eigenvalue weighted by molar-refractivity contribution is 0.204. The fraction of sp³-hybridized carbons (Fsp3) is 0.391. The number of rotatable bonds is 3. The first-order chi connectivity index (χ1) is 13.7. The molecule has 5 heteroatoms. The van der Waals surface area contributed by atoms with Gasteiger partial charge in [-0.25, -0.2) is 4.98 Å². The van der Waals surface area contributed by atoms with Crippen molar-refractivity contribution < 1.29 is 0 Å². The van der Waals surface area contributed by atoms with Crippen molar-refractivity contribution in [3.8, 4) is 17.2 Å². The van der Waals surface area contributed by atoms with E-state index < -0.39 is 0 Å². The third-order valence-corrected chi connectivity index (χ3v) is 7.31. The van der Waals surface area contributed by atoms with Crippen molar-refractivity contribution in [1.82, 2.24) is 9.88 Å². The molecular formula is C23H24N4S. The highest BCUT2D eigenvalue weighted by molar-refractivity contribution is 7.22. The van der Waals surface area contributed by atoms with Crippen molar-refractivity contribution in [3.05, 3.63) is 48.0 Å². The molecule has 0 spiro atoms. The van der Waals surface area contributed by atoms with E-state index in [-0.39, 0.29) is 0 Å². The maximum atomic E-state index is 8.99. The highest BCUT2D eigenvalue weighted by Crippen LogP contribution is 2.35. The van der Waals surface area contributed by atoms with Crippen LogP contribution in [0.3, 0.4) is 0 Å². The van der Waals surface area contributed by atoms with Gasteiger partial charge in [0.15, 0.2) is 5.13 Å². The quantitative estimate of drug-likeness (QED) is 0.640. The van der Waals surface area contributed by atoms with Crippen molar-refractivity contribution in [2.75, 3.05) is 24.5 Å². The first-order valence-corrected chi connectivity index (χ1v) is 10.9. The Hall–Kier alpha value is -2.42. The fourth-order valence-electron chi connectivity index (χ4n) is 4.65. The second-order valence-corrected chi connectivity index (χ2v) is 8.99. The Balaban J connectivity index is 1.37. The highest BCUT2D eigenvalue weighted by Gasteiger charge is 2.33. The third-order valence-electron chi connectivity index (χ3n) is 6.23. The molecule has 142 valence electrons. The lowest BCUT2D eigenvalue weighted by atomic mass is 10.0. The smallest absolute Gasteiger partial charge is 0.186 e. The second-order valence-electron chi connectivity index (χ2n) is 7.99. The number of fused-ring (bicyclic) bond motifs is 1. The van der Waals surface area contributed by atoms with Crippen molar-refractivity contribution in [2.24, 2.45) is 0 Å². The minimum atomic E-state index is 0.679. The zero-order valence-corrected chi connectivity index (χ0v) is 17.0. The topological polar surface area (TPSA) is 43.2 Å². The Morgan fingerprint density at radius 3 is 2.64 bits per heavy atom. The molecule has 2 aliphatic heterocycles. The first-order valence-electron chi connectivity index (χ1n) is 10.1. The van der Waals surface area contributed by atoms with Crippen LogP contribution in [0.25, 0.3) is 21.3 Å². The van der Waals surface area contributed by atoms with Crippen LogP contribution in [-0.2, 0) is 0 Å². The summed E-state index contributed by atoms with van der Waals surface area (Å²) in [5.41, 5.74) is 4.09. The molecule has 0 bridgehead atoms. The zero-order valence-electron chi connectivity index (χ0n) is 16.1. The van der Waals surface area contributed by atoms with Gasteiger partial charge in [-0.05, 0) is 68.1 Å². The van der Waals surface area contributed by atoms with E-state index in [1.54, 1.807) is 11.3 Å². The molecule has 0 aliphatic carbocycles. The summed E-state index contributed by atoms with van der Waals surface area (Å²) < 4.78 is 1.23. The van der Waals surface area contributed by atoms with Crippen LogP contribution in [0.15, 0.2) is 42.5 Å². The average molecular weight is 389 g/mol. The molecule has 0 radical (unpaired) electrons. The number of nitrogens with zero attached hydrogens (tertiary/aromatic N) is 4. The van der Waals surface area contributed by atoms with Crippen LogP contribution in [0.5, 0.6) is 0 Å². The minimum Gasteiger partial charge on any atom is -0.346 e. The average Bonchev–Trinajstić information content (AvgIpc) is 3.46.